The van der Waals surface area contributed by atoms with Crippen molar-refractivity contribution in [1.82, 2.24) is 9.97 Å². The Balaban J connectivity index is 0.000000137. The molecule has 0 radical (unpaired) electrons. The average molecular weight is 1550 g/mol. The summed E-state index contributed by atoms with van der Waals surface area (Å²) in [7, 11) is 0. The number of H-pyrrole nitrogens is 2. The first-order valence-electron chi connectivity index (χ1n) is 39.7. The van der Waals surface area contributed by atoms with Crippen molar-refractivity contribution >= 4 is 150 Å². The fourth-order valence-corrected chi connectivity index (χ4v) is 23.0. The van der Waals surface area contributed by atoms with Gasteiger partial charge in [-0.05, 0) is 218 Å². The average Bonchev–Trinajstić information content (AvgIpc) is 1.59. The molecule has 0 atom stereocenters. The van der Waals surface area contributed by atoms with Crippen LogP contribution in [0.25, 0.3) is 216 Å². The highest BCUT2D eigenvalue weighted by Gasteiger charge is 2.22. The predicted molar refractivity (Wildman–Crippen MR) is 504 cm³/mol. The summed E-state index contributed by atoms with van der Waals surface area (Å²) in [5.74, 6) is 0. The SMILES string of the molecule is C1=C(c2ccc(-c3ccc4c(c3)sc3c5ccc(-c6ccc(-c7cc8cc(-c9ccccc9)ccc8[nH]7)cc6)cc5sc43)cc2)Cc2ccc(-c3ccccc3)cc21.C1=C(c2ccc(-c3ccc4c(c3)sc3c5ccc(-c6ccc(-c7cc8ccc(-c9ccccc9)cc8[nH]7)cc6)cc5sc43)cc2)Cc2cc(-c3ccccc3)ccc21. The van der Waals surface area contributed by atoms with Crippen molar-refractivity contribution in [2.24, 2.45) is 0 Å². The molecule has 2 N–H and O–H groups in total. The van der Waals surface area contributed by atoms with Gasteiger partial charge in [-0.15, -0.1) is 45.3 Å². The van der Waals surface area contributed by atoms with Gasteiger partial charge in [0, 0.05) is 73.5 Å². The highest BCUT2D eigenvalue weighted by atomic mass is 32.1. The molecule has 0 spiro atoms. The van der Waals surface area contributed by atoms with Crippen LogP contribution in [0.1, 0.15) is 33.4 Å². The topological polar surface area (TPSA) is 31.6 Å². The Kier molecular flexibility index (Phi) is 16.6. The lowest BCUT2D eigenvalue weighted by Gasteiger charge is -2.07. The maximum absolute atomic E-state index is 3.67. The van der Waals surface area contributed by atoms with E-state index in [1.807, 2.05) is 45.3 Å². The zero-order chi connectivity index (χ0) is 76.3. The second-order valence-corrected chi connectivity index (χ2v) is 35.0. The van der Waals surface area contributed by atoms with E-state index in [0.29, 0.717) is 0 Å². The molecule has 0 amide bonds. The highest BCUT2D eigenvalue weighted by molar-refractivity contribution is 7.37. The summed E-state index contributed by atoms with van der Waals surface area (Å²) in [4.78, 5) is 7.30. The van der Waals surface area contributed by atoms with Gasteiger partial charge in [0.25, 0.3) is 0 Å². The van der Waals surface area contributed by atoms with Gasteiger partial charge in [0.15, 0.2) is 0 Å². The number of aromatic nitrogens is 2. The number of thiophene rings is 4. The monoisotopic (exact) mass is 1550 g/mol. The van der Waals surface area contributed by atoms with Gasteiger partial charge in [0.05, 0.1) is 18.8 Å². The standard InChI is InChI=1S/2C55H35NS2/c1-3-7-34(8-4-1)40-19-20-42-28-45(30-46(42)27-40)38-13-11-36(12-14-38)43-21-24-48-52(32-43)57-55-49-25-22-44(33-53(49)58-54(48)55)37-15-17-39(18-16-37)51-31-47-29-41(23-26-50(47)56-51)35-9-5-2-6-10-35;1-3-7-34(8-4-1)40-19-20-41-28-46(29-47(41)27-40)38-13-11-36(12-14-38)43-23-25-48-52(32-43)57-55-49-26-24-44(33-53(49)58-54(48)55)37-15-17-39(18-16-37)50-31-45-22-21-42(30-51(45)56-50)35-9-5-2-6-10-35/h1-27,29-33,56H,28H2;1-28,30-33,56H,29H2. The number of rotatable bonds is 12. The summed E-state index contributed by atoms with van der Waals surface area (Å²) in [6.45, 7) is 0. The summed E-state index contributed by atoms with van der Waals surface area (Å²) in [6, 6.07) is 138. The fourth-order valence-electron chi connectivity index (χ4n) is 17.5. The van der Waals surface area contributed by atoms with Crippen molar-refractivity contribution < 1.29 is 0 Å². The van der Waals surface area contributed by atoms with Gasteiger partial charge >= 0.3 is 0 Å². The van der Waals surface area contributed by atoms with E-state index in [0.717, 1.165) is 35.3 Å². The van der Waals surface area contributed by atoms with E-state index in [-0.39, 0.29) is 0 Å². The van der Waals surface area contributed by atoms with Gasteiger partial charge < -0.3 is 9.97 Å². The summed E-state index contributed by atoms with van der Waals surface area (Å²) in [6.07, 6.45) is 6.68. The van der Waals surface area contributed by atoms with E-state index < -0.39 is 0 Å². The van der Waals surface area contributed by atoms with Crippen molar-refractivity contribution in [2.75, 3.05) is 0 Å². The summed E-state index contributed by atoms with van der Waals surface area (Å²) >= 11 is 7.69. The molecule has 0 unspecified atom stereocenters. The largest absolute Gasteiger partial charge is 0.355 e. The molecule has 6 aromatic heterocycles. The molecule has 24 rings (SSSR count). The molecule has 116 heavy (non-hydrogen) atoms. The Morgan fingerprint density at radius 2 is 0.500 bits per heavy atom. The van der Waals surface area contributed by atoms with E-state index >= 15 is 0 Å². The molecule has 0 saturated heterocycles. The van der Waals surface area contributed by atoms with Crippen LogP contribution in [0.3, 0.4) is 0 Å². The van der Waals surface area contributed by atoms with Crippen molar-refractivity contribution in [3.63, 3.8) is 0 Å². The molecule has 0 fully saturated rings. The van der Waals surface area contributed by atoms with Gasteiger partial charge in [0.1, 0.15) is 0 Å². The molecular formula is C110H70N2S4. The van der Waals surface area contributed by atoms with Crippen LogP contribution in [-0.4, -0.2) is 9.97 Å². The van der Waals surface area contributed by atoms with E-state index in [4.69, 9.17) is 0 Å². The zero-order valence-corrected chi connectivity index (χ0v) is 66.3. The molecular weight excluding hydrogens is 1480 g/mol. The lowest BCUT2D eigenvalue weighted by Crippen LogP contribution is -1.87. The lowest BCUT2D eigenvalue weighted by atomic mass is 9.98. The lowest BCUT2D eigenvalue weighted by molar-refractivity contribution is 1.32. The molecule has 0 saturated carbocycles. The third-order valence-corrected chi connectivity index (χ3v) is 28.8. The molecule has 16 aromatic carbocycles. The van der Waals surface area contributed by atoms with Gasteiger partial charge in [-0.1, -0.05) is 328 Å². The first-order valence-corrected chi connectivity index (χ1v) is 43.0. The first-order chi connectivity index (χ1) is 57.3. The maximum atomic E-state index is 3.67. The number of allylic oxidation sites excluding steroid dienone is 2. The minimum absolute atomic E-state index is 0.970. The van der Waals surface area contributed by atoms with Gasteiger partial charge in [0.2, 0.25) is 0 Å². The Morgan fingerprint density at radius 3 is 0.948 bits per heavy atom. The van der Waals surface area contributed by atoms with Crippen molar-refractivity contribution in [2.45, 2.75) is 12.8 Å². The first kappa shape index (κ1) is 68.1. The van der Waals surface area contributed by atoms with E-state index in [1.165, 1.54) is 215 Å². The van der Waals surface area contributed by atoms with Crippen molar-refractivity contribution in [1.29, 1.82) is 0 Å². The number of hydrogen-bond acceptors (Lipinski definition) is 4. The van der Waals surface area contributed by atoms with Gasteiger partial charge in [-0.25, -0.2) is 0 Å². The third kappa shape index (κ3) is 12.5. The summed E-state index contributed by atoms with van der Waals surface area (Å²) in [5.41, 5.74) is 37.8. The molecule has 22 aromatic rings. The minimum Gasteiger partial charge on any atom is -0.355 e. The van der Waals surface area contributed by atoms with Crippen LogP contribution in [0.15, 0.2) is 376 Å². The molecule has 0 aliphatic heterocycles. The van der Waals surface area contributed by atoms with Crippen LogP contribution < -0.4 is 0 Å². The van der Waals surface area contributed by atoms with Crippen LogP contribution >= 0.6 is 45.3 Å². The van der Waals surface area contributed by atoms with E-state index in [2.05, 4.69) is 398 Å². The molecule has 544 valence electrons. The molecule has 6 heterocycles. The number of benzene rings is 16. The smallest absolute Gasteiger partial charge is 0.0542 e. The van der Waals surface area contributed by atoms with Crippen LogP contribution in [0.5, 0.6) is 0 Å². The predicted octanol–water partition coefficient (Wildman–Crippen LogP) is 32.4. The van der Waals surface area contributed by atoms with Gasteiger partial charge in [-0.3, -0.25) is 0 Å². The van der Waals surface area contributed by atoms with E-state index in [1.54, 1.807) is 0 Å². The van der Waals surface area contributed by atoms with Crippen LogP contribution in [0.2, 0.25) is 0 Å². The molecule has 0 bridgehead atoms. The highest BCUT2D eigenvalue weighted by Crippen LogP contribution is 2.49. The summed E-state index contributed by atoms with van der Waals surface area (Å²) in [5, 5.41) is 7.85. The Labute approximate surface area is 687 Å². The Morgan fingerprint density at radius 1 is 0.190 bits per heavy atom. The number of hydrogen-bond donors (Lipinski definition) is 2. The van der Waals surface area contributed by atoms with Crippen molar-refractivity contribution in [3.8, 4) is 112 Å². The second kappa shape index (κ2) is 28.2. The molecule has 2 aliphatic carbocycles. The molecule has 2 aliphatic rings. The molecule has 2 nitrogen and oxygen atoms in total. The maximum Gasteiger partial charge on any atom is 0.0542 e. The number of fused-ring (bicyclic) bond motifs is 14. The van der Waals surface area contributed by atoms with Crippen LogP contribution in [0, 0.1) is 0 Å². The fraction of sp³-hybridized carbons (Fsp3) is 0.0182. The Bertz CT molecular complexity index is 7680. The molecule has 6 heteroatoms. The summed E-state index contributed by atoms with van der Waals surface area (Å²) < 4.78 is 10.9. The van der Waals surface area contributed by atoms with E-state index in [9.17, 15) is 0 Å². The third-order valence-electron chi connectivity index (χ3n) is 23.8. The van der Waals surface area contributed by atoms with Crippen LogP contribution in [0.4, 0.5) is 0 Å². The van der Waals surface area contributed by atoms with Gasteiger partial charge in [-0.2, -0.15) is 0 Å². The quantitative estimate of drug-likeness (QED) is 0.122. The normalized spacial score (nSPS) is 12.5. The number of aromatic amines is 2. The number of nitrogens with one attached hydrogen (secondary N) is 2. The van der Waals surface area contributed by atoms with Crippen LogP contribution in [-0.2, 0) is 12.8 Å². The second-order valence-electron chi connectivity index (χ2n) is 30.8. The Hall–Kier alpha value is -13.6. The minimum atomic E-state index is 0.970. The van der Waals surface area contributed by atoms with Crippen molar-refractivity contribution in [3.05, 3.63) is 409 Å². The zero-order valence-electron chi connectivity index (χ0n) is 63.0.